The predicted octanol–water partition coefficient (Wildman–Crippen LogP) is 2.60. The molecule has 21 heavy (non-hydrogen) atoms. The van der Waals surface area contributed by atoms with Crippen LogP contribution in [0.15, 0.2) is 18.2 Å². The van der Waals surface area contributed by atoms with E-state index in [0.29, 0.717) is 23.8 Å². The van der Waals surface area contributed by atoms with Gasteiger partial charge in [0.1, 0.15) is 0 Å². The molecule has 0 aliphatic rings. The smallest absolute Gasteiger partial charge is 0.252 e. The number of rotatable bonds is 6. The first kappa shape index (κ1) is 17.6. The van der Waals surface area contributed by atoms with Crippen molar-refractivity contribution >= 4 is 17.7 Å². The Balaban J connectivity index is 2.77. The highest BCUT2D eigenvalue weighted by Gasteiger charge is 2.10. The summed E-state index contributed by atoms with van der Waals surface area (Å²) in [6.07, 6.45) is 3.44. The Morgan fingerprint density at radius 2 is 2.24 bits per heavy atom. The van der Waals surface area contributed by atoms with E-state index in [1.165, 1.54) is 0 Å². The number of aryl methyl sites for hydroxylation is 1. The number of amides is 1. The number of benzene rings is 1. The van der Waals surface area contributed by atoms with Crippen molar-refractivity contribution in [1.82, 2.24) is 5.32 Å². The number of hydrogen-bond donors (Lipinski definition) is 2. The van der Waals surface area contributed by atoms with Gasteiger partial charge in [0.15, 0.2) is 0 Å². The van der Waals surface area contributed by atoms with Gasteiger partial charge in [0.05, 0.1) is 12.2 Å². The fourth-order valence-corrected chi connectivity index (χ4v) is 2.13. The van der Waals surface area contributed by atoms with Crippen LogP contribution in [-0.4, -0.2) is 35.7 Å². The van der Waals surface area contributed by atoms with E-state index in [0.717, 1.165) is 17.5 Å². The van der Waals surface area contributed by atoms with E-state index in [9.17, 15) is 4.79 Å². The second kappa shape index (κ2) is 9.49. The van der Waals surface area contributed by atoms with E-state index in [1.54, 1.807) is 11.8 Å². The maximum Gasteiger partial charge on any atom is 0.252 e. The first-order valence-electron chi connectivity index (χ1n) is 7.10. The van der Waals surface area contributed by atoms with E-state index in [4.69, 9.17) is 5.11 Å². The Morgan fingerprint density at radius 3 is 2.90 bits per heavy atom. The molecule has 0 spiro atoms. The zero-order valence-electron chi connectivity index (χ0n) is 12.9. The van der Waals surface area contributed by atoms with Gasteiger partial charge in [-0.3, -0.25) is 4.79 Å². The molecule has 0 saturated carbocycles. The van der Waals surface area contributed by atoms with Gasteiger partial charge in [-0.15, -0.1) is 0 Å². The molecular formula is C17H23NO2S. The van der Waals surface area contributed by atoms with Gasteiger partial charge in [-0.25, -0.2) is 0 Å². The molecule has 2 N–H and O–H groups in total. The Hall–Kier alpha value is -1.44. The number of aliphatic hydroxyl groups excluding tert-OH is 1. The molecule has 1 aromatic carbocycles. The Bertz CT molecular complexity index is 531. The highest BCUT2D eigenvalue weighted by atomic mass is 32.2. The van der Waals surface area contributed by atoms with Gasteiger partial charge in [-0.1, -0.05) is 24.8 Å². The molecular weight excluding hydrogens is 282 g/mol. The molecule has 1 unspecified atom stereocenters. The number of aliphatic hydroxyl groups is 1. The lowest BCUT2D eigenvalue weighted by atomic mass is 10.0. The molecule has 3 nitrogen and oxygen atoms in total. The van der Waals surface area contributed by atoms with Crippen molar-refractivity contribution < 1.29 is 9.90 Å². The molecule has 0 aliphatic heterocycles. The summed E-state index contributed by atoms with van der Waals surface area (Å²) in [7, 11) is 0. The van der Waals surface area contributed by atoms with Crippen LogP contribution in [0.25, 0.3) is 0 Å². The van der Waals surface area contributed by atoms with E-state index >= 15 is 0 Å². The average Bonchev–Trinajstić information content (AvgIpc) is 2.47. The van der Waals surface area contributed by atoms with Crippen molar-refractivity contribution in [2.24, 2.45) is 0 Å². The predicted molar refractivity (Wildman–Crippen MR) is 89.7 cm³/mol. The zero-order chi connectivity index (χ0) is 15.7. The fourth-order valence-electron chi connectivity index (χ4n) is 1.78. The highest BCUT2D eigenvalue weighted by molar-refractivity contribution is 7.99. The first-order chi connectivity index (χ1) is 10.1. The molecule has 4 heteroatoms. The van der Waals surface area contributed by atoms with Crippen LogP contribution in [0.4, 0.5) is 0 Å². The van der Waals surface area contributed by atoms with Crippen molar-refractivity contribution in [1.29, 1.82) is 0 Å². The Labute approximate surface area is 131 Å². The van der Waals surface area contributed by atoms with Gasteiger partial charge in [0, 0.05) is 23.8 Å². The largest absolute Gasteiger partial charge is 0.395 e. The van der Waals surface area contributed by atoms with Crippen molar-refractivity contribution in [3.05, 3.63) is 34.9 Å². The summed E-state index contributed by atoms with van der Waals surface area (Å²) in [6, 6.07) is 5.63. The standard InChI is InChI=1S/C17H23NO2S/c1-13-7-8-16(15(12-13)6-4-5-11-19)17(20)18-10-9-14(2)21-3/h7-8,12,14,19H,5,9-11H2,1-3H3,(H,18,20). The zero-order valence-corrected chi connectivity index (χ0v) is 13.7. The highest BCUT2D eigenvalue weighted by Crippen LogP contribution is 2.12. The molecule has 0 fully saturated rings. The van der Waals surface area contributed by atoms with Gasteiger partial charge >= 0.3 is 0 Å². The molecule has 0 aromatic heterocycles. The van der Waals surface area contributed by atoms with E-state index in [1.807, 2.05) is 25.1 Å². The number of thioether (sulfide) groups is 1. The number of hydrogen-bond acceptors (Lipinski definition) is 3. The molecule has 0 radical (unpaired) electrons. The van der Waals surface area contributed by atoms with E-state index in [2.05, 4.69) is 30.3 Å². The third-order valence-corrected chi connectivity index (χ3v) is 4.16. The number of carbonyl (C=O) groups excluding carboxylic acids is 1. The van der Waals surface area contributed by atoms with Gasteiger partial charge in [0.2, 0.25) is 0 Å². The molecule has 0 aliphatic carbocycles. The average molecular weight is 305 g/mol. The van der Waals surface area contributed by atoms with Crippen LogP contribution < -0.4 is 5.32 Å². The van der Waals surface area contributed by atoms with Crippen LogP contribution in [0.2, 0.25) is 0 Å². The number of nitrogens with one attached hydrogen (secondary N) is 1. The summed E-state index contributed by atoms with van der Waals surface area (Å²) in [4.78, 5) is 12.2. The van der Waals surface area contributed by atoms with E-state index in [-0.39, 0.29) is 12.5 Å². The molecule has 0 saturated heterocycles. The lowest BCUT2D eigenvalue weighted by Crippen LogP contribution is -2.26. The topological polar surface area (TPSA) is 49.3 Å². The van der Waals surface area contributed by atoms with Gasteiger partial charge in [-0.05, 0) is 37.3 Å². The van der Waals surface area contributed by atoms with Crippen molar-refractivity contribution in [3.8, 4) is 11.8 Å². The van der Waals surface area contributed by atoms with Crippen molar-refractivity contribution in [3.63, 3.8) is 0 Å². The summed E-state index contributed by atoms with van der Waals surface area (Å²) in [5.41, 5.74) is 2.39. The van der Waals surface area contributed by atoms with Crippen molar-refractivity contribution in [2.45, 2.75) is 31.9 Å². The molecule has 1 atom stereocenters. The Kier molecular flexibility index (Phi) is 7.96. The van der Waals surface area contributed by atoms with Gasteiger partial charge in [0.25, 0.3) is 5.91 Å². The van der Waals surface area contributed by atoms with Crippen LogP contribution in [0, 0.1) is 18.8 Å². The maximum atomic E-state index is 12.2. The molecule has 114 valence electrons. The Morgan fingerprint density at radius 1 is 1.48 bits per heavy atom. The molecule has 1 rings (SSSR count). The quantitative estimate of drug-likeness (QED) is 0.794. The second-order valence-electron chi connectivity index (χ2n) is 4.92. The monoisotopic (exact) mass is 305 g/mol. The minimum absolute atomic E-state index is 0.0346. The van der Waals surface area contributed by atoms with Crippen LogP contribution >= 0.6 is 11.8 Å². The summed E-state index contributed by atoms with van der Waals surface area (Å²) in [5, 5.41) is 12.3. The second-order valence-corrected chi connectivity index (χ2v) is 6.19. The summed E-state index contributed by atoms with van der Waals surface area (Å²) in [6.45, 7) is 4.82. The van der Waals surface area contributed by atoms with Crippen LogP contribution in [0.1, 0.15) is 41.3 Å². The molecule has 0 bridgehead atoms. The van der Waals surface area contributed by atoms with Gasteiger partial charge < -0.3 is 10.4 Å². The fraction of sp³-hybridized carbons (Fsp3) is 0.471. The molecule has 1 aromatic rings. The van der Waals surface area contributed by atoms with E-state index < -0.39 is 0 Å². The normalized spacial score (nSPS) is 11.4. The molecule has 1 amide bonds. The third-order valence-electron chi connectivity index (χ3n) is 3.12. The molecule has 0 heterocycles. The maximum absolute atomic E-state index is 12.2. The van der Waals surface area contributed by atoms with Crippen LogP contribution in [-0.2, 0) is 0 Å². The van der Waals surface area contributed by atoms with Crippen LogP contribution in [0.3, 0.4) is 0 Å². The lowest BCUT2D eigenvalue weighted by molar-refractivity contribution is 0.0953. The lowest BCUT2D eigenvalue weighted by Gasteiger charge is -2.10. The summed E-state index contributed by atoms with van der Waals surface area (Å²) < 4.78 is 0. The van der Waals surface area contributed by atoms with Crippen LogP contribution in [0.5, 0.6) is 0 Å². The summed E-state index contributed by atoms with van der Waals surface area (Å²) in [5.74, 6) is 5.76. The van der Waals surface area contributed by atoms with Crippen molar-refractivity contribution in [2.75, 3.05) is 19.4 Å². The minimum Gasteiger partial charge on any atom is -0.395 e. The number of carbonyl (C=O) groups is 1. The van der Waals surface area contributed by atoms with Gasteiger partial charge in [-0.2, -0.15) is 11.8 Å². The first-order valence-corrected chi connectivity index (χ1v) is 8.38. The third kappa shape index (κ3) is 6.24. The summed E-state index contributed by atoms with van der Waals surface area (Å²) >= 11 is 1.79. The SMILES string of the molecule is CSC(C)CCNC(=O)c1ccc(C)cc1C#CCCO. The minimum atomic E-state index is -0.0865.